The number of anilines is 3. The first-order chi connectivity index (χ1) is 20.1. The van der Waals surface area contributed by atoms with Crippen molar-refractivity contribution in [3.05, 3.63) is 59.4 Å². The number of hydrogen-bond acceptors (Lipinski definition) is 11. The summed E-state index contributed by atoms with van der Waals surface area (Å²) in [6, 6.07) is 11.5. The third-order valence-corrected chi connectivity index (χ3v) is 8.40. The number of ether oxygens (including phenoxy) is 1. The van der Waals surface area contributed by atoms with Gasteiger partial charge in [0.1, 0.15) is 16.6 Å². The highest BCUT2D eigenvalue weighted by Gasteiger charge is 2.20. The van der Waals surface area contributed by atoms with Crippen molar-refractivity contribution >= 4 is 44.7 Å². The molecule has 1 aliphatic rings. The van der Waals surface area contributed by atoms with E-state index in [0.717, 1.165) is 46.9 Å². The molecule has 0 saturated carbocycles. The van der Waals surface area contributed by atoms with E-state index in [4.69, 9.17) is 14.7 Å². The van der Waals surface area contributed by atoms with Crippen LogP contribution in [-0.2, 0) is 21.4 Å². The molecule has 0 atom stereocenters. The average molecular weight is 609 g/mol. The second kappa shape index (κ2) is 12.4. The van der Waals surface area contributed by atoms with Crippen molar-refractivity contribution in [1.82, 2.24) is 29.6 Å². The summed E-state index contributed by atoms with van der Waals surface area (Å²) in [6.07, 6.45) is 4.51. The fourth-order valence-corrected chi connectivity index (χ4v) is 6.06. The van der Waals surface area contributed by atoms with Crippen LogP contribution in [0, 0.1) is 6.92 Å². The Morgan fingerprint density at radius 1 is 1.07 bits per heavy atom. The molecule has 1 aromatic carbocycles. The van der Waals surface area contributed by atoms with Crippen LogP contribution in [0.5, 0.6) is 5.75 Å². The molecule has 42 heavy (non-hydrogen) atoms. The van der Waals surface area contributed by atoms with Gasteiger partial charge >= 0.3 is 0 Å². The van der Waals surface area contributed by atoms with E-state index >= 15 is 0 Å². The normalized spacial score (nSPS) is 13.7. The fraction of sp³-hybridized carbons (Fsp3) is 0.321. The molecule has 14 heteroatoms. The van der Waals surface area contributed by atoms with Gasteiger partial charge in [-0.1, -0.05) is 0 Å². The predicted octanol–water partition coefficient (Wildman–Crippen LogP) is 3.44. The number of amides is 1. The first-order valence-electron chi connectivity index (χ1n) is 13.3. The van der Waals surface area contributed by atoms with Gasteiger partial charge in [-0.15, -0.1) is 11.3 Å². The summed E-state index contributed by atoms with van der Waals surface area (Å²) in [4.78, 5) is 34.9. The Kier molecular flexibility index (Phi) is 8.66. The quantitative estimate of drug-likeness (QED) is 0.290. The van der Waals surface area contributed by atoms with E-state index < -0.39 is 10.0 Å². The minimum absolute atomic E-state index is 0.0669. The summed E-state index contributed by atoms with van der Waals surface area (Å²) in [6.45, 7) is 6.46. The number of sulfonamides is 1. The molecule has 1 saturated heterocycles. The van der Waals surface area contributed by atoms with Gasteiger partial charge in [0.05, 0.1) is 48.1 Å². The van der Waals surface area contributed by atoms with Gasteiger partial charge in [0.15, 0.2) is 0 Å². The molecule has 1 aliphatic heterocycles. The molecule has 220 valence electrons. The van der Waals surface area contributed by atoms with Gasteiger partial charge in [0.25, 0.3) is 0 Å². The van der Waals surface area contributed by atoms with E-state index in [1.165, 1.54) is 11.3 Å². The highest BCUT2D eigenvalue weighted by atomic mass is 32.2. The first kappa shape index (κ1) is 29.4. The van der Waals surface area contributed by atoms with Crippen LogP contribution in [0.25, 0.3) is 21.8 Å². The van der Waals surface area contributed by atoms with E-state index in [0.29, 0.717) is 41.2 Å². The second-order valence-corrected chi connectivity index (χ2v) is 12.8. The van der Waals surface area contributed by atoms with Crippen molar-refractivity contribution in [3.8, 4) is 27.6 Å². The summed E-state index contributed by atoms with van der Waals surface area (Å²) in [7, 11) is -1.78. The van der Waals surface area contributed by atoms with Crippen molar-refractivity contribution in [2.45, 2.75) is 20.4 Å². The van der Waals surface area contributed by atoms with Crippen molar-refractivity contribution in [1.29, 1.82) is 0 Å². The predicted molar refractivity (Wildman–Crippen MR) is 164 cm³/mol. The zero-order valence-corrected chi connectivity index (χ0v) is 25.4. The Bertz CT molecular complexity index is 1680. The number of hydrogen-bond donors (Lipinski definition) is 2. The summed E-state index contributed by atoms with van der Waals surface area (Å²) in [5.41, 5.74) is 3.87. The number of rotatable bonds is 9. The number of piperazine rings is 1. The molecular weight excluding hydrogens is 576 g/mol. The molecule has 4 aromatic rings. The number of carbonyl (C=O) groups is 1. The van der Waals surface area contributed by atoms with Crippen LogP contribution in [0.3, 0.4) is 0 Å². The Balaban J connectivity index is 1.39. The maximum atomic E-state index is 11.7. The van der Waals surface area contributed by atoms with Gasteiger partial charge in [0.2, 0.25) is 21.9 Å². The van der Waals surface area contributed by atoms with E-state index in [2.05, 4.69) is 24.9 Å². The lowest BCUT2D eigenvalue weighted by Crippen LogP contribution is -2.48. The van der Waals surface area contributed by atoms with Crippen LogP contribution in [0.4, 0.5) is 17.5 Å². The topological polar surface area (TPSA) is 143 Å². The van der Waals surface area contributed by atoms with Gasteiger partial charge in [0, 0.05) is 44.9 Å². The number of nitrogens with zero attached hydrogens (tertiary/aromatic N) is 6. The Hall–Kier alpha value is -4.14. The van der Waals surface area contributed by atoms with Gasteiger partial charge < -0.3 is 19.9 Å². The zero-order valence-electron chi connectivity index (χ0n) is 23.8. The molecule has 2 N–H and O–H groups in total. The lowest BCUT2D eigenvalue weighted by molar-refractivity contribution is -0.129. The fourth-order valence-electron chi connectivity index (χ4n) is 4.58. The van der Waals surface area contributed by atoms with E-state index in [-0.39, 0.29) is 12.5 Å². The van der Waals surface area contributed by atoms with Gasteiger partial charge in [-0.3, -0.25) is 4.79 Å². The van der Waals surface area contributed by atoms with Crippen molar-refractivity contribution in [2.24, 2.45) is 0 Å². The monoisotopic (exact) mass is 608 g/mol. The molecule has 1 fully saturated rings. The zero-order chi connectivity index (χ0) is 29.9. The largest absolute Gasteiger partial charge is 0.497 e. The maximum Gasteiger partial charge on any atom is 0.227 e. The number of nitrogens with one attached hydrogen (secondary N) is 2. The van der Waals surface area contributed by atoms with Crippen LogP contribution < -0.4 is 19.7 Å². The second-order valence-electron chi connectivity index (χ2n) is 9.91. The molecule has 0 spiro atoms. The first-order valence-corrected chi connectivity index (χ1v) is 16.0. The smallest absolute Gasteiger partial charge is 0.227 e. The molecule has 0 bridgehead atoms. The van der Waals surface area contributed by atoms with E-state index in [9.17, 15) is 13.2 Å². The van der Waals surface area contributed by atoms with Gasteiger partial charge in [-0.2, -0.15) is 0 Å². The SMILES string of the molecule is COc1cc(C)cc(-c2nc(CNS(C)(=O)=O)sc2-c2ccnc(Nc3ccc(N4CCN(C(C)=O)CC4)nc3)n2)c1. The molecular formula is C28H32N8O4S2. The molecule has 5 rings (SSSR count). The van der Waals surface area contributed by atoms with Crippen molar-refractivity contribution in [2.75, 3.05) is 49.8 Å². The number of pyridine rings is 1. The minimum Gasteiger partial charge on any atom is -0.497 e. The van der Waals surface area contributed by atoms with E-state index in [1.807, 2.05) is 42.2 Å². The lowest BCUT2D eigenvalue weighted by Gasteiger charge is -2.34. The highest BCUT2D eigenvalue weighted by Crippen LogP contribution is 2.38. The Morgan fingerprint density at radius 2 is 1.86 bits per heavy atom. The number of thiazole rings is 1. The van der Waals surface area contributed by atoms with Crippen LogP contribution >= 0.6 is 11.3 Å². The van der Waals surface area contributed by atoms with Crippen molar-refractivity contribution in [3.63, 3.8) is 0 Å². The molecule has 1 amide bonds. The number of methoxy groups -OCH3 is 1. The minimum atomic E-state index is -3.39. The van der Waals surface area contributed by atoms with Crippen LogP contribution in [0.1, 0.15) is 17.5 Å². The number of aromatic nitrogens is 4. The maximum absolute atomic E-state index is 11.7. The van der Waals surface area contributed by atoms with Crippen LogP contribution in [0.2, 0.25) is 0 Å². The summed E-state index contributed by atoms with van der Waals surface area (Å²) in [5, 5.41) is 3.82. The summed E-state index contributed by atoms with van der Waals surface area (Å²) >= 11 is 1.36. The van der Waals surface area contributed by atoms with Crippen LogP contribution in [0.15, 0.2) is 48.8 Å². The highest BCUT2D eigenvalue weighted by molar-refractivity contribution is 7.88. The number of benzene rings is 1. The summed E-state index contributed by atoms with van der Waals surface area (Å²) in [5.74, 6) is 2.02. The third-order valence-electron chi connectivity index (χ3n) is 6.66. The summed E-state index contributed by atoms with van der Waals surface area (Å²) < 4.78 is 31.4. The molecule has 0 radical (unpaired) electrons. The van der Waals surface area contributed by atoms with Crippen LogP contribution in [-0.4, -0.2) is 78.7 Å². The third kappa shape index (κ3) is 7.19. The standard InChI is InChI=1S/C28H32N8O4S2/c1-18-13-20(15-22(14-18)40-3)26-27(41-25(34-26)17-31-42(4,38)39)23-7-8-29-28(33-23)32-21-5-6-24(30-16-21)36-11-9-35(10-12-36)19(2)37/h5-8,13-16,31H,9-12,17H2,1-4H3,(H,29,32,33). The molecule has 3 aromatic heterocycles. The van der Waals surface area contributed by atoms with Crippen molar-refractivity contribution < 1.29 is 17.9 Å². The Labute approximate surface area is 248 Å². The Morgan fingerprint density at radius 3 is 2.52 bits per heavy atom. The van der Waals surface area contributed by atoms with Gasteiger partial charge in [-0.25, -0.2) is 33.1 Å². The number of carbonyl (C=O) groups excluding carboxylic acids is 1. The molecule has 4 heterocycles. The average Bonchev–Trinajstić information content (AvgIpc) is 3.41. The molecule has 12 nitrogen and oxygen atoms in total. The molecule has 0 unspecified atom stereocenters. The van der Waals surface area contributed by atoms with E-state index in [1.54, 1.807) is 32.5 Å². The van der Waals surface area contributed by atoms with Gasteiger partial charge in [-0.05, 0) is 48.9 Å². The molecule has 0 aliphatic carbocycles. The lowest BCUT2D eigenvalue weighted by atomic mass is 10.1. The number of aryl methyl sites for hydroxylation is 1.